The van der Waals surface area contributed by atoms with Gasteiger partial charge in [-0.15, -0.1) is 0 Å². The molecule has 4 heteroatoms. The molecular weight excluding hydrogens is 352 g/mol. The van der Waals surface area contributed by atoms with E-state index < -0.39 is 0 Å². The van der Waals surface area contributed by atoms with Crippen molar-refractivity contribution < 1.29 is 19.1 Å². The Morgan fingerprint density at radius 2 is 0.821 bits per heavy atom. The summed E-state index contributed by atoms with van der Waals surface area (Å²) < 4.78 is 10.3. The highest BCUT2D eigenvalue weighted by atomic mass is 16.7. The third kappa shape index (κ3) is 18.3. The van der Waals surface area contributed by atoms with Gasteiger partial charge in [0.1, 0.15) is 0 Å². The quantitative estimate of drug-likeness (QED) is 0.156. The number of carbonyl (C=O) groups excluding carboxylic acids is 2. The Balaban J connectivity index is 3.50. The van der Waals surface area contributed by atoms with Crippen LogP contribution in [-0.4, -0.2) is 11.9 Å². The fourth-order valence-electron chi connectivity index (χ4n) is 3.16. The Labute approximate surface area is 174 Å². The molecule has 28 heavy (non-hydrogen) atoms. The van der Waals surface area contributed by atoms with Gasteiger partial charge in [-0.2, -0.15) is 0 Å². The van der Waals surface area contributed by atoms with E-state index in [2.05, 4.69) is 6.92 Å². The predicted octanol–water partition coefficient (Wildman–Crippen LogP) is 7.64. The molecule has 0 saturated carbocycles. The van der Waals surface area contributed by atoms with Crippen LogP contribution in [0.25, 0.3) is 0 Å². The molecule has 0 aromatic heterocycles. The van der Waals surface area contributed by atoms with Crippen molar-refractivity contribution >= 4 is 11.9 Å². The summed E-state index contributed by atoms with van der Waals surface area (Å²) in [6.45, 7) is 5.73. The van der Waals surface area contributed by atoms with Crippen molar-refractivity contribution in [3.63, 3.8) is 0 Å². The maximum absolute atomic E-state index is 11.4. The van der Waals surface area contributed by atoms with Gasteiger partial charge in [0.25, 0.3) is 0 Å². The minimum atomic E-state index is -0.347. The first-order chi connectivity index (χ1) is 13.6. The number of rotatable bonds is 20. The van der Waals surface area contributed by atoms with Crippen LogP contribution in [0.1, 0.15) is 136 Å². The maximum Gasteiger partial charge on any atom is 0.334 e. The largest absolute Gasteiger partial charge is 0.414 e. The molecule has 0 rings (SSSR count). The van der Waals surface area contributed by atoms with Crippen molar-refractivity contribution in [2.24, 2.45) is 0 Å². The van der Waals surface area contributed by atoms with Crippen LogP contribution in [0.3, 0.4) is 0 Å². The lowest BCUT2D eigenvalue weighted by Crippen LogP contribution is -2.17. The van der Waals surface area contributed by atoms with Crippen LogP contribution in [0.2, 0.25) is 0 Å². The Morgan fingerprint density at radius 1 is 0.500 bits per heavy atom. The molecule has 0 bridgehead atoms. The van der Waals surface area contributed by atoms with Crippen molar-refractivity contribution in [1.29, 1.82) is 0 Å². The molecule has 0 aliphatic heterocycles. The van der Waals surface area contributed by atoms with Crippen molar-refractivity contribution in [3.05, 3.63) is 6.29 Å². The van der Waals surface area contributed by atoms with Gasteiger partial charge in [0.15, 0.2) is 0 Å². The van der Waals surface area contributed by atoms with Crippen LogP contribution >= 0.6 is 0 Å². The van der Waals surface area contributed by atoms with E-state index in [-0.39, 0.29) is 31.1 Å². The second-order valence-electron chi connectivity index (χ2n) is 7.73. The van der Waals surface area contributed by atoms with E-state index in [1.165, 1.54) is 83.5 Å². The summed E-state index contributed by atoms with van der Waals surface area (Å²) in [5.41, 5.74) is 0. The van der Waals surface area contributed by atoms with Crippen LogP contribution in [-0.2, 0) is 19.1 Å². The summed E-state index contributed by atoms with van der Waals surface area (Å²) in [4.78, 5) is 22.8. The fourth-order valence-corrected chi connectivity index (χ4v) is 3.16. The van der Waals surface area contributed by atoms with Gasteiger partial charge in [0, 0.05) is 19.3 Å². The number of ether oxygens (including phenoxy) is 2. The monoisotopic (exact) mass is 397 g/mol. The fraction of sp³-hybridized carbons (Fsp3) is 0.875. The van der Waals surface area contributed by atoms with Gasteiger partial charge in [0.05, 0.1) is 0 Å². The van der Waals surface area contributed by atoms with E-state index in [1.807, 2.05) is 0 Å². The van der Waals surface area contributed by atoms with E-state index in [1.54, 1.807) is 13.8 Å². The average molecular weight is 398 g/mol. The zero-order valence-electron chi connectivity index (χ0n) is 18.9. The molecule has 4 nitrogen and oxygen atoms in total. The zero-order valence-corrected chi connectivity index (χ0v) is 18.9. The molecule has 0 aliphatic rings. The highest BCUT2D eigenvalue weighted by Gasteiger charge is 2.19. The summed E-state index contributed by atoms with van der Waals surface area (Å²) in [7, 11) is 0. The van der Waals surface area contributed by atoms with Crippen molar-refractivity contribution in [2.45, 2.75) is 136 Å². The molecule has 0 aromatic rings. The first kappa shape index (κ1) is 26.9. The van der Waals surface area contributed by atoms with Crippen molar-refractivity contribution in [1.82, 2.24) is 0 Å². The van der Waals surface area contributed by atoms with E-state index in [0.29, 0.717) is 6.42 Å². The van der Waals surface area contributed by atoms with E-state index in [4.69, 9.17) is 9.47 Å². The molecule has 0 heterocycles. The molecule has 0 N–H and O–H groups in total. The SMILES string of the molecule is CCCCCCCCCCCCCCCCC[C](OC(=O)CC)OC(=O)CC. The summed E-state index contributed by atoms with van der Waals surface area (Å²) in [5.74, 6) is -0.695. The molecule has 0 atom stereocenters. The second-order valence-corrected chi connectivity index (χ2v) is 7.73. The highest BCUT2D eigenvalue weighted by molar-refractivity contribution is 5.72. The van der Waals surface area contributed by atoms with Crippen LogP contribution < -0.4 is 0 Å². The van der Waals surface area contributed by atoms with Crippen molar-refractivity contribution in [3.8, 4) is 0 Å². The van der Waals surface area contributed by atoms with Gasteiger partial charge >= 0.3 is 18.2 Å². The zero-order chi connectivity index (χ0) is 20.9. The van der Waals surface area contributed by atoms with Gasteiger partial charge in [-0.05, 0) is 6.42 Å². The minimum absolute atomic E-state index is 0.174. The average Bonchev–Trinajstić information content (AvgIpc) is 2.70. The van der Waals surface area contributed by atoms with Gasteiger partial charge < -0.3 is 9.47 Å². The summed E-state index contributed by atoms with van der Waals surface area (Å²) in [5, 5.41) is 0. The van der Waals surface area contributed by atoms with Gasteiger partial charge in [-0.25, -0.2) is 0 Å². The summed E-state index contributed by atoms with van der Waals surface area (Å²) in [6.07, 6.45) is 20.9. The number of hydrogen-bond acceptors (Lipinski definition) is 4. The molecule has 0 saturated heterocycles. The molecule has 1 radical (unpaired) electrons. The molecule has 165 valence electrons. The minimum Gasteiger partial charge on any atom is -0.414 e. The molecule has 0 aliphatic carbocycles. The topological polar surface area (TPSA) is 52.6 Å². The lowest BCUT2D eigenvalue weighted by atomic mass is 10.0. The maximum atomic E-state index is 11.4. The van der Waals surface area contributed by atoms with Crippen LogP contribution in [0.15, 0.2) is 0 Å². The molecule has 0 fully saturated rings. The highest BCUT2D eigenvalue weighted by Crippen LogP contribution is 2.19. The van der Waals surface area contributed by atoms with Crippen molar-refractivity contribution in [2.75, 3.05) is 0 Å². The normalized spacial score (nSPS) is 11.0. The van der Waals surface area contributed by atoms with E-state index >= 15 is 0 Å². The standard InChI is InChI=1S/C24H45O4/c1-4-7-8-9-10-11-12-13-14-15-16-17-18-19-20-21-24(27-22(25)5-2)28-23(26)6-3/h4-21H2,1-3H3. The van der Waals surface area contributed by atoms with Gasteiger partial charge in [-0.1, -0.05) is 111 Å². The van der Waals surface area contributed by atoms with Crippen LogP contribution in [0.5, 0.6) is 0 Å². The van der Waals surface area contributed by atoms with E-state index in [9.17, 15) is 9.59 Å². The number of carbonyl (C=O) groups is 2. The second kappa shape index (κ2) is 20.7. The third-order valence-corrected chi connectivity index (χ3v) is 5.02. The Morgan fingerprint density at radius 3 is 1.14 bits per heavy atom. The van der Waals surface area contributed by atoms with E-state index in [0.717, 1.165) is 12.8 Å². The lowest BCUT2D eigenvalue weighted by molar-refractivity contribution is -0.165. The summed E-state index contributed by atoms with van der Waals surface area (Å²) >= 11 is 0. The Hall–Kier alpha value is -1.06. The van der Waals surface area contributed by atoms with Crippen LogP contribution in [0, 0.1) is 6.29 Å². The smallest absolute Gasteiger partial charge is 0.334 e. The Bertz CT molecular complexity index is 350. The Kier molecular flexibility index (Phi) is 19.9. The summed E-state index contributed by atoms with van der Waals surface area (Å²) in [6, 6.07) is 0. The molecule has 0 amide bonds. The number of unbranched alkanes of at least 4 members (excludes halogenated alkanes) is 14. The molecule has 0 aromatic carbocycles. The van der Waals surface area contributed by atoms with Gasteiger partial charge in [-0.3, -0.25) is 9.59 Å². The molecule has 0 unspecified atom stereocenters. The molecular formula is C24H45O4. The number of esters is 2. The first-order valence-electron chi connectivity index (χ1n) is 11.9. The third-order valence-electron chi connectivity index (χ3n) is 5.02. The van der Waals surface area contributed by atoms with Gasteiger partial charge in [0.2, 0.25) is 0 Å². The molecule has 0 spiro atoms. The van der Waals surface area contributed by atoms with Crippen LogP contribution in [0.4, 0.5) is 0 Å². The predicted molar refractivity (Wildman–Crippen MR) is 116 cm³/mol. The first-order valence-corrected chi connectivity index (χ1v) is 11.9. The lowest BCUT2D eigenvalue weighted by Gasteiger charge is -2.15. The number of hydrogen-bond donors (Lipinski definition) is 0.